The second-order valence-corrected chi connectivity index (χ2v) is 14.4. The lowest BCUT2D eigenvalue weighted by Crippen LogP contribution is -2.49. The number of nitrogens with one attached hydrogen (secondary N) is 2. The number of anilines is 2. The lowest BCUT2D eigenvalue weighted by molar-refractivity contribution is -0.116. The van der Waals surface area contributed by atoms with Gasteiger partial charge < -0.3 is 25.5 Å². The molecule has 1 aliphatic heterocycles. The van der Waals surface area contributed by atoms with Crippen LogP contribution in [0.5, 0.6) is 0 Å². The zero-order valence-corrected chi connectivity index (χ0v) is 26.8. The van der Waals surface area contributed by atoms with E-state index in [9.17, 15) is 23.5 Å². The van der Waals surface area contributed by atoms with Crippen LogP contribution in [0.4, 0.5) is 11.4 Å². The largest absolute Gasteiger partial charge is 0.486 e. The van der Waals surface area contributed by atoms with Crippen LogP contribution in [0.1, 0.15) is 32.3 Å². The third-order valence-corrected chi connectivity index (χ3v) is 9.82. The maximum Gasteiger partial charge on any atom is 0.293 e. The van der Waals surface area contributed by atoms with Crippen LogP contribution < -0.4 is 10.4 Å². The highest BCUT2D eigenvalue weighted by Gasteiger charge is 2.39. The predicted octanol–water partition coefficient (Wildman–Crippen LogP) is 3.63. The fourth-order valence-electron chi connectivity index (χ4n) is 4.59. The number of aliphatic hydroxyl groups excluding tert-OH is 1. The summed E-state index contributed by atoms with van der Waals surface area (Å²) in [5.74, 6) is -0.652. The minimum absolute atomic E-state index is 0.00531. The number of benzene rings is 2. The summed E-state index contributed by atoms with van der Waals surface area (Å²) in [4.78, 5) is 15.2. The van der Waals surface area contributed by atoms with Gasteiger partial charge in [0.25, 0.3) is 5.91 Å². The van der Waals surface area contributed by atoms with E-state index < -0.39 is 22.0 Å². The number of amides is 1. The van der Waals surface area contributed by atoms with Gasteiger partial charge in [0.1, 0.15) is 5.70 Å². The Labute approximate surface area is 260 Å². The van der Waals surface area contributed by atoms with E-state index in [-0.39, 0.29) is 49.7 Å². The Bertz CT molecular complexity index is 1420. The molecule has 1 unspecified atom stereocenters. The monoisotopic (exact) mass is 711 g/mol. The molecule has 1 saturated carbocycles. The first-order valence-electron chi connectivity index (χ1n) is 13.8. The molecule has 42 heavy (non-hydrogen) atoms. The van der Waals surface area contributed by atoms with Crippen LogP contribution in [0.3, 0.4) is 0 Å². The van der Waals surface area contributed by atoms with Crippen molar-refractivity contribution in [3.8, 4) is 0 Å². The molecule has 2 aromatic rings. The summed E-state index contributed by atoms with van der Waals surface area (Å²) in [5, 5.41) is 31.6. The summed E-state index contributed by atoms with van der Waals surface area (Å²) in [6.45, 7) is 4.91. The molecule has 13 heteroatoms. The number of carbonyl (C=O) groups excluding carboxylic acids is 1. The van der Waals surface area contributed by atoms with Crippen LogP contribution in [-0.4, -0.2) is 85.5 Å². The summed E-state index contributed by atoms with van der Waals surface area (Å²) >= 11 is 2.17. The average molecular weight is 712 g/mol. The predicted molar refractivity (Wildman–Crippen MR) is 170 cm³/mol. The quantitative estimate of drug-likeness (QED) is 0.0811. The molecule has 4 rings (SSSR count). The van der Waals surface area contributed by atoms with Crippen molar-refractivity contribution in [1.29, 1.82) is 5.41 Å². The van der Waals surface area contributed by atoms with Crippen LogP contribution in [0.25, 0.3) is 0 Å². The van der Waals surface area contributed by atoms with Gasteiger partial charge in [0.05, 0.1) is 30.7 Å². The maximum absolute atomic E-state index is 13.4. The molecule has 1 heterocycles. The highest BCUT2D eigenvalue weighted by Crippen LogP contribution is 2.45. The number of hydrogen-bond acceptors (Lipinski definition) is 9. The minimum Gasteiger partial charge on any atom is -0.486 e. The van der Waals surface area contributed by atoms with Gasteiger partial charge in [-0.15, -0.1) is 0 Å². The zero-order valence-electron chi connectivity index (χ0n) is 23.8. The normalized spacial score (nSPS) is 18.1. The number of hydroxylamine groups is 1. The van der Waals surface area contributed by atoms with Crippen LogP contribution in [0.2, 0.25) is 0 Å². The molecule has 228 valence electrons. The van der Waals surface area contributed by atoms with Gasteiger partial charge >= 0.3 is 0 Å². The van der Waals surface area contributed by atoms with Crippen LogP contribution in [0.15, 0.2) is 60.0 Å². The Kier molecular flexibility index (Phi) is 10.5. The SMILES string of the molecule is CC(O)CN(O)c1cccc(CS(=O)(=O)N2CCN(/C(C=N)=C(\OCC3(C)CC3)C(=O)Nc3cccc(I)c3)CC2)c1. The van der Waals surface area contributed by atoms with Crippen molar-refractivity contribution < 1.29 is 28.3 Å². The number of sulfonamides is 1. The molecule has 0 bridgehead atoms. The summed E-state index contributed by atoms with van der Waals surface area (Å²) in [5.41, 5.74) is 1.84. The van der Waals surface area contributed by atoms with Crippen molar-refractivity contribution in [1.82, 2.24) is 9.21 Å². The molecule has 1 aliphatic carbocycles. The van der Waals surface area contributed by atoms with E-state index >= 15 is 0 Å². The van der Waals surface area contributed by atoms with Crippen molar-refractivity contribution in [2.24, 2.45) is 5.41 Å². The summed E-state index contributed by atoms with van der Waals surface area (Å²) in [6.07, 6.45) is 2.36. The molecule has 2 fully saturated rings. The van der Waals surface area contributed by atoms with Gasteiger partial charge in [-0.3, -0.25) is 15.1 Å². The topological polar surface area (TPSA) is 146 Å². The first-order valence-corrected chi connectivity index (χ1v) is 16.5. The molecule has 2 aliphatic rings. The first kappa shape index (κ1) is 32.2. The molecule has 1 saturated heterocycles. The number of carbonyl (C=O) groups is 1. The summed E-state index contributed by atoms with van der Waals surface area (Å²) in [7, 11) is -3.69. The number of hydrogen-bond donors (Lipinski definition) is 4. The molecule has 0 aromatic heterocycles. The Morgan fingerprint density at radius 3 is 2.50 bits per heavy atom. The third kappa shape index (κ3) is 8.66. The molecule has 0 spiro atoms. The lowest BCUT2D eigenvalue weighted by Gasteiger charge is -2.36. The highest BCUT2D eigenvalue weighted by atomic mass is 127. The second-order valence-electron chi connectivity index (χ2n) is 11.2. The van der Waals surface area contributed by atoms with Crippen molar-refractivity contribution in [2.75, 3.05) is 49.7 Å². The van der Waals surface area contributed by atoms with E-state index in [1.54, 1.807) is 37.3 Å². The molecule has 2 aromatic carbocycles. The van der Waals surface area contributed by atoms with Gasteiger partial charge in [-0.25, -0.2) is 8.42 Å². The van der Waals surface area contributed by atoms with Gasteiger partial charge in [-0.1, -0.05) is 25.1 Å². The van der Waals surface area contributed by atoms with Gasteiger partial charge in [0, 0.05) is 47.1 Å². The van der Waals surface area contributed by atoms with E-state index in [0.717, 1.165) is 27.7 Å². The minimum atomic E-state index is -3.69. The molecular formula is C29H38IN5O6S. The fourth-order valence-corrected chi connectivity index (χ4v) is 6.63. The van der Waals surface area contributed by atoms with Crippen LogP contribution >= 0.6 is 22.6 Å². The number of nitrogens with zero attached hydrogens (tertiary/aromatic N) is 3. The first-order chi connectivity index (χ1) is 19.9. The molecular weight excluding hydrogens is 673 g/mol. The average Bonchev–Trinajstić information content (AvgIpc) is 3.67. The van der Waals surface area contributed by atoms with E-state index in [0.29, 0.717) is 29.2 Å². The summed E-state index contributed by atoms with van der Waals surface area (Å²) in [6, 6.07) is 14.0. The molecule has 1 atom stereocenters. The number of ether oxygens (including phenoxy) is 1. The third-order valence-electron chi connectivity index (χ3n) is 7.29. The number of aliphatic hydroxyl groups is 1. The van der Waals surface area contributed by atoms with Crippen molar-refractivity contribution >= 4 is 56.1 Å². The second kappa shape index (κ2) is 13.7. The van der Waals surface area contributed by atoms with Gasteiger partial charge in [-0.2, -0.15) is 4.31 Å². The van der Waals surface area contributed by atoms with E-state index in [2.05, 4.69) is 34.8 Å². The number of rotatable bonds is 13. The van der Waals surface area contributed by atoms with E-state index in [4.69, 9.17) is 10.1 Å². The Morgan fingerprint density at radius 2 is 1.88 bits per heavy atom. The van der Waals surface area contributed by atoms with Gasteiger partial charge in [-0.05, 0) is 78.3 Å². The maximum atomic E-state index is 13.4. The Balaban J connectivity index is 1.46. The highest BCUT2D eigenvalue weighted by molar-refractivity contribution is 14.1. The smallest absolute Gasteiger partial charge is 0.293 e. The number of piperazine rings is 1. The van der Waals surface area contributed by atoms with Crippen molar-refractivity contribution in [2.45, 2.75) is 38.5 Å². The molecule has 0 radical (unpaired) electrons. The van der Waals surface area contributed by atoms with Crippen molar-refractivity contribution in [3.05, 3.63) is 69.1 Å². The molecule has 4 N–H and O–H groups in total. The zero-order chi connectivity index (χ0) is 30.5. The fraction of sp³-hybridized carbons (Fsp3) is 0.448. The standard InChI is InChI=1S/C29H38IN5O6S/c1-21(36)18-35(38)25-8-3-5-22(15-25)19-42(39,40)34-13-11-33(12-14-34)26(17-31)27(41-20-29(2)9-10-29)28(37)32-24-7-4-6-23(30)16-24/h3-8,15-17,21,31,36,38H,9-14,18-20H2,1-2H3,(H,32,37)/b27-26-,31-17?. The lowest BCUT2D eigenvalue weighted by atomic mass is 10.2. The Morgan fingerprint density at radius 1 is 1.19 bits per heavy atom. The van der Waals surface area contributed by atoms with E-state index in [1.165, 1.54) is 4.31 Å². The van der Waals surface area contributed by atoms with Crippen LogP contribution in [-0.2, 0) is 25.3 Å². The number of allylic oxidation sites excluding steroid dienone is 1. The van der Waals surface area contributed by atoms with Crippen molar-refractivity contribution in [3.63, 3.8) is 0 Å². The van der Waals surface area contributed by atoms with Gasteiger partial charge in [0.15, 0.2) is 0 Å². The number of halogens is 1. The Hall–Kier alpha value is -2.72. The van der Waals surface area contributed by atoms with Crippen LogP contribution in [0, 0.1) is 14.4 Å². The van der Waals surface area contributed by atoms with Gasteiger partial charge in [0.2, 0.25) is 15.8 Å². The summed E-state index contributed by atoms with van der Waals surface area (Å²) < 4.78 is 35.0. The molecule has 1 amide bonds. The van der Waals surface area contributed by atoms with E-state index in [1.807, 2.05) is 23.1 Å². The molecule has 11 nitrogen and oxygen atoms in total.